The van der Waals surface area contributed by atoms with Crippen LogP contribution >= 0.6 is 11.6 Å². The van der Waals surface area contributed by atoms with Crippen LogP contribution in [0.15, 0.2) is 66.7 Å². The Hall–Kier alpha value is -3.85. The SMILES string of the molecule is COc1cccc(CNc2nc3c(-c4cccc(C(F)(F)F)c4)nnn3c3ccc(Cl)cc23)c1. The van der Waals surface area contributed by atoms with Gasteiger partial charge < -0.3 is 10.1 Å². The maximum atomic E-state index is 13.3. The van der Waals surface area contributed by atoms with Crippen molar-refractivity contribution in [2.24, 2.45) is 0 Å². The van der Waals surface area contributed by atoms with Gasteiger partial charge in [0.1, 0.15) is 17.3 Å². The molecule has 0 saturated carbocycles. The van der Waals surface area contributed by atoms with Crippen molar-refractivity contribution in [2.45, 2.75) is 12.7 Å². The highest BCUT2D eigenvalue weighted by atomic mass is 35.5. The summed E-state index contributed by atoms with van der Waals surface area (Å²) in [4.78, 5) is 4.69. The first-order chi connectivity index (χ1) is 16.3. The number of hydrogen-bond donors (Lipinski definition) is 1. The second kappa shape index (κ2) is 8.49. The van der Waals surface area contributed by atoms with Crippen molar-refractivity contribution >= 4 is 34.0 Å². The van der Waals surface area contributed by atoms with Gasteiger partial charge in [0.2, 0.25) is 0 Å². The average molecular weight is 484 g/mol. The Morgan fingerprint density at radius 2 is 1.85 bits per heavy atom. The average Bonchev–Trinajstić information content (AvgIpc) is 3.26. The number of ether oxygens (including phenoxy) is 1. The summed E-state index contributed by atoms with van der Waals surface area (Å²) in [6.07, 6.45) is -4.47. The molecule has 5 rings (SSSR count). The van der Waals surface area contributed by atoms with Crippen LogP contribution in [0.5, 0.6) is 5.75 Å². The lowest BCUT2D eigenvalue weighted by molar-refractivity contribution is -0.137. The molecule has 0 radical (unpaired) electrons. The molecule has 2 aromatic heterocycles. The monoisotopic (exact) mass is 483 g/mol. The molecule has 6 nitrogen and oxygen atoms in total. The zero-order valence-electron chi connectivity index (χ0n) is 17.8. The van der Waals surface area contributed by atoms with Gasteiger partial charge in [0, 0.05) is 22.5 Å². The second-order valence-electron chi connectivity index (χ2n) is 7.58. The Balaban J connectivity index is 1.63. The molecule has 0 atom stereocenters. The lowest BCUT2D eigenvalue weighted by Gasteiger charge is -2.12. The third-order valence-corrected chi connectivity index (χ3v) is 5.60. The van der Waals surface area contributed by atoms with Crippen LogP contribution in [-0.2, 0) is 12.7 Å². The van der Waals surface area contributed by atoms with Gasteiger partial charge in [-0.1, -0.05) is 41.1 Å². The fraction of sp³-hybridized carbons (Fsp3) is 0.125. The predicted octanol–water partition coefficient (Wildman–Crippen LogP) is 6.24. The maximum Gasteiger partial charge on any atom is 0.416 e. The van der Waals surface area contributed by atoms with Gasteiger partial charge in [0.15, 0.2) is 5.65 Å². The molecule has 0 saturated heterocycles. The zero-order chi connectivity index (χ0) is 23.9. The molecule has 2 heterocycles. The highest BCUT2D eigenvalue weighted by Crippen LogP contribution is 2.34. The normalized spacial score (nSPS) is 11.8. The first kappa shape index (κ1) is 22.0. The molecule has 172 valence electrons. The second-order valence-corrected chi connectivity index (χ2v) is 8.02. The molecule has 0 unspecified atom stereocenters. The number of nitrogens with zero attached hydrogens (tertiary/aromatic N) is 4. The van der Waals surface area contributed by atoms with Crippen molar-refractivity contribution in [3.05, 3.63) is 82.9 Å². The topological polar surface area (TPSA) is 64.3 Å². The standard InChI is InChI=1S/C24H17ClF3N5O/c1-34-18-7-2-4-14(10-18)13-29-22-19-12-17(25)8-9-20(19)33-23(30-22)21(31-32-33)15-5-3-6-16(11-15)24(26,27)28/h2-12H,13H2,1H3,(H,29,30). The lowest BCUT2D eigenvalue weighted by Crippen LogP contribution is -2.05. The fourth-order valence-electron chi connectivity index (χ4n) is 3.72. The van der Waals surface area contributed by atoms with Gasteiger partial charge in [-0.15, -0.1) is 5.10 Å². The van der Waals surface area contributed by atoms with Gasteiger partial charge in [-0.2, -0.15) is 17.7 Å². The molecule has 0 aliphatic rings. The summed E-state index contributed by atoms with van der Waals surface area (Å²) in [5, 5.41) is 12.8. The molecule has 10 heteroatoms. The van der Waals surface area contributed by atoms with Gasteiger partial charge >= 0.3 is 6.18 Å². The first-order valence-corrected chi connectivity index (χ1v) is 10.6. The van der Waals surface area contributed by atoms with Crippen LogP contribution in [0.3, 0.4) is 0 Å². The molecule has 34 heavy (non-hydrogen) atoms. The van der Waals surface area contributed by atoms with Gasteiger partial charge in [-0.25, -0.2) is 4.98 Å². The molecule has 0 aliphatic carbocycles. The van der Waals surface area contributed by atoms with Gasteiger partial charge in [-0.3, -0.25) is 0 Å². The predicted molar refractivity (Wildman–Crippen MR) is 124 cm³/mol. The highest BCUT2D eigenvalue weighted by Gasteiger charge is 2.31. The summed E-state index contributed by atoms with van der Waals surface area (Å²) in [5.74, 6) is 1.23. The van der Waals surface area contributed by atoms with Crippen LogP contribution < -0.4 is 10.1 Å². The van der Waals surface area contributed by atoms with E-state index < -0.39 is 11.7 Å². The minimum absolute atomic E-state index is 0.243. The molecule has 0 spiro atoms. The Morgan fingerprint density at radius 1 is 1.03 bits per heavy atom. The number of fused-ring (bicyclic) bond motifs is 3. The number of anilines is 1. The fourth-order valence-corrected chi connectivity index (χ4v) is 3.89. The molecule has 0 amide bonds. The third-order valence-electron chi connectivity index (χ3n) is 5.36. The number of methoxy groups -OCH3 is 1. The van der Waals surface area contributed by atoms with E-state index in [9.17, 15) is 13.2 Å². The van der Waals surface area contributed by atoms with Crippen LogP contribution in [0.1, 0.15) is 11.1 Å². The van der Waals surface area contributed by atoms with E-state index in [2.05, 4.69) is 20.6 Å². The Morgan fingerprint density at radius 3 is 2.65 bits per heavy atom. The molecule has 1 N–H and O–H groups in total. The highest BCUT2D eigenvalue weighted by molar-refractivity contribution is 6.31. The minimum atomic E-state index is -4.47. The number of rotatable bonds is 5. The lowest BCUT2D eigenvalue weighted by atomic mass is 10.1. The van der Waals surface area contributed by atoms with Crippen LogP contribution in [0, 0.1) is 0 Å². The third kappa shape index (κ3) is 4.10. The van der Waals surface area contributed by atoms with Crippen molar-refractivity contribution in [1.82, 2.24) is 19.8 Å². The van der Waals surface area contributed by atoms with E-state index >= 15 is 0 Å². The van der Waals surface area contributed by atoms with Crippen LogP contribution in [0.2, 0.25) is 5.02 Å². The van der Waals surface area contributed by atoms with E-state index in [0.29, 0.717) is 33.9 Å². The van der Waals surface area contributed by atoms with E-state index in [4.69, 9.17) is 16.3 Å². The summed E-state index contributed by atoms with van der Waals surface area (Å²) < 4.78 is 46.6. The minimum Gasteiger partial charge on any atom is -0.497 e. The largest absolute Gasteiger partial charge is 0.497 e. The van der Waals surface area contributed by atoms with Crippen molar-refractivity contribution < 1.29 is 17.9 Å². The summed E-state index contributed by atoms with van der Waals surface area (Å²) in [6.45, 7) is 0.433. The molecule has 0 fully saturated rings. The number of aromatic nitrogens is 4. The van der Waals surface area contributed by atoms with E-state index in [1.807, 2.05) is 24.3 Å². The van der Waals surface area contributed by atoms with Crippen molar-refractivity contribution in [1.29, 1.82) is 0 Å². The molecular weight excluding hydrogens is 467 g/mol. The van der Waals surface area contributed by atoms with Gasteiger partial charge in [0.05, 0.1) is 18.2 Å². The smallest absolute Gasteiger partial charge is 0.416 e. The summed E-state index contributed by atoms with van der Waals surface area (Å²) in [6, 6.07) is 17.8. The van der Waals surface area contributed by atoms with Crippen molar-refractivity contribution in [2.75, 3.05) is 12.4 Å². The van der Waals surface area contributed by atoms with Crippen molar-refractivity contribution in [3.8, 4) is 17.0 Å². The van der Waals surface area contributed by atoms with Crippen LogP contribution in [-0.4, -0.2) is 26.9 Å². The van der Waals surface area contributed by atoms with E-state index in [1.165, 1.54) is 10.6 Å². The number of alkyl halides is 3. The van der Waals surface area contributed by atoms with Gasteiger partial charge in [0.25, 0.3) is 0 Å². The maximum absolute atomic E-state index is 13.3. The molecule has 3 aromatic carbocycles. The molecule has 0 aliphatic heterocycles. The summed E-state index contributed by atoms with van der Waals surface area (Å²) >= 11 is 6.24. The Kier molecular flexibility index (Phi) is 5.49. The van der Waals surface area contributed by atoms with Crippen molar-refractivity contribution in [3.63, 3.8) is 0 Å². The van der Waals surface area contributed by atoms with E-state index in [1.54, 1.807) is 31.4 Å². The zero-order valence-corrected chi connectivity index (χ0v) is 18.5. The quantitative estimate of drug-likeness (QED) is 0.321. The van der Waals surface area contributed by atoms with E-state index in [0.717, 1.165) is 23.4 Å². The molecule has 5 aromatic rings. The van der Waals surface area contributed by atoms with Crippen LogP contribution in [0.25, 0.3) is 27.8 Å². The van der Waals surface area contributed by atoms with Crippen LogP contribution in [0.4, 0.5) is 19.0 Å². The molecule has 0 bridgehead atoms. The Bertz CT molecular complexity index is 1520. The molecular formula is C24H17ClF3N5O. The number of hydrogen-bond acceptors (Lipinski definition) is 5. The number of benzene rings is 3. The number of nitrogens with one attached hydrogen (secondary N) is 1. The van der Waals surface area contributed by atoms with Gasteiger partial charge in [-0.05, 0) is 48.0 Å². The van der Waals surface area contributed by atoms with E-state index in [-0.39, 0.29) is 11.3 Å². The number of halogens is 4. The summed E-state index contributed by atoms with van der Waals surface area (Å²) in [5.41, 5.74) is 1.68. The Labute approximate surface area is 196 Å². The first-order valence-electron chi connectivity index (χ1n) is 10.2. The summed E-state index contributed by atoms with van der Waals surface area (Å²) in [7, 11) is 1.60.